The molecule has 0 heterocycles. The lowest BCUT2D eigenvalue weighted by atomic mass is 9.64. The van der Waals surface area contributed by atoms with Gasteiger partial charge in [-0.15, -0.1) is 0 Å². The third-order valence-corrected chi connectivity index (χ3v) is 10.1. The number of unbranched alkanes of at least 4 members (excludes halogenated alkanes) is 7. The highest BCUT2D eigenvalue weighted by molar-refractivity contribution is 4.86. The fourth-order valence-electron chi connectivity index (χ4n) is 7.90. The van der Waals surface area contributed by atoms with E-state index in [9.17, 15) is 4.39 Å². The summed E-state index contributed by atoms with van der Waals surface area (Å²) in [6, 6.07) is 0. The van der Waals surface area contributed by atoms with Crippen molar-refractivity contribution in [2.75, 3.05) is 6.67 Å². The molecule has 3 saturated carbocycles. The average Bonchev–Trinajstić information content (AvgIpc) is 2.85. The molecule has 1 heteroatoms. The zero-order chi connectivity index (χ0) is 22.4. The first-order valence-corrected chi connectivity index (χ1v) is 15.4. The van der Waals surface area contributed by atoms with Gasteiger partial charge in [0.15, 0.2) is 0 Å². The average molecular weight is 449 g/mol. The predicted octanol–water partition coefficient (Wildman–Crippen LogP) is 10.7. The largest absolute Gasteiger partial charge is 0.251 e. The highest BCUT2D eigenvalue weighted by atomic mass is 19.1. The Hall–Kier alpha value is -0.0700. The SMILES string of the molecule is CCCCCCCC1CCC(C2CCC(C3CCC(CCCCCCF)CC3)CC2)CC1. The first-order valence-electron chi connectivity index (χ1n) is 15.4. The van der Waals surface area contributed by atoms with Gasteiger partial charge in [-0.1, -0.05) is 96.8 Å². The standard InChI is InChI=1S/C31H57F/c1-2-3-4-5-8-11-26-13-17-28(18-14-26)30-21-23-31(24-22-30)29-19-15-27(16-20-29)12-9-6-7-10-25-32/h26-31H,2-25H2,1H3. The Balaban J connectivity index is 1.23. The maximum atomic E-state index is 12.2. The molecule has 0 bridgehead atoms. The Bertz CT molecular complexity index is 393. The lowest BCUT2D eigenvalue weighted by Gasteiger charge is -2.41. The maximum absolute atomic E-state index is 12.2. The summed E-state index contributed by atoms with van der Waals surface area (Å²) in [6.45, 7) is 2.20. The zero-order valence-electron chi connectivity index (χ0n) is 21.8. The lowest BCUT2D eigenvalue weighted by molar-refractivity contribution is 0.102. The number of rotatable bonds is 14. The van der Waals surface area contributed by atoms with Crippen molar-refractivity contribution < 1.29 is 4.39 Å². The number of halogens is 1. The Morgan fingerprint density at radius 2 is 0.781 bits per heavy atom. The fourth-order valence-corrected chi connectivity index (χ4v) is 7.90. The van der Waals surface area contributed by atoms with Crippen LogP contribution in [0.4, 0.5) is 4.39 Å². The molecule has 188 valence electrons. The minimum absolute atomic E-state index is 0.117. The molecule has 0 aliphatic heterocycles. The van der Waals surface area contributed by atoms with Crippen LogP contribution in [0, 0.1) is 35.5 Å². The summed E-state index contributed by atoms with van der Waals surface area (Å²) >= 11 is 0. The minimum Gasteiger partial charge on any atom is -0.251 e. The van der Waals surface area contributed by atoms with Crippen molar-refractivity contribution in [3.63, 3.8) is 0 Å². The minimum atomic E-state index is -0.117. The van der Waals surface area contributed by atoms with Gasteiger partial charge in [0, 0.05) is 0 Å². The molecule has 0 amide bonds. The van der Waals surface area contributed by atoms with Gasteiger partial charge in [-0.25, -0.2) is 0 Å². The molecule has 32 heavy (non-hydrogen) atoms. The summed E-state index contributed by atoms with van der Waals surface area (Å²) in [6.07, 6.45) is 33.2. The lowest BCUT2D eigenvalue weighted by Crippen LogP contribution is -2.29. The third-order valence-electron chi connectivity index (χ3n) is 10.1. The Kier molecular flexibility index (Phi) is 13.1. The number of alkyl halides is 1. The number of hydrogen-bond acceptors (Lipinski definition) is 0. The van der Waals surface area contributed by atoms with Crippen LogP contribution >= 0.6 is 0 Å². The first kappa shape index (κ1) is 26.5. The summed E-state index contributed by atoms with van der Waals surface area (Å²) in [4.78, 5) is 0. The summed E-state index contributed by atoms with van der Waals surface area (Å²) in [5.41, 5.74) is 0. The first-order chi connectivity index (χ1) is 15.8. The van der Waals surface area contributed by atoms with Crippen molar-refractivity contribution in [3.05, 3.63) is 0 Å². The van der Waals surface area contributed by atoms with Gasteiger partial charge in [-0.3, -0.25) is 4.39 Å². The smallest absolute Gasteiger partial charge is 0.0894 e. The second-order valence-corrected chi connectivity index (χ2v) is 12.3. The molecule has 3 fully saturated rings. The normalized spacial score (nSPS) is 33.9. The van der Waals surface area contributed by atoms with Crippen LogP contribution in [0.3, 0.4) is 0 Å². The van der Waals surface area contributed by atoms with Gasteiger partial charge >= 0.3 is 0 Å². The van der Waals surface area contributed by atoms with E-state index in [1.54, 1.807) is 51.4 Å². The van der Waals surface area contributed by atoms with Crippen molar-refractivity contribution in [2.24, 2.45) is 35.5 Å². The Morgan fingerprint density at radius 3 is 1.16 bits per heavy atom. The third kappa shape index (κ3) is 9.29. The predicted molar refractivity (Wildman–Crippen MR) is 139 cm³/mol. The van der Waals surface area contributed by atoms with E-state index >= 15 is 0 Å². The van der Waals surface area contributed by atoms with E-state index in [0.717, 1.165) is 48.3 Å². The van der Waals surface area contributed by atoms with Crippen LogP contribution in [0.15, 0.2) is 0 Å². The van der Waals surface area contributed by atoms with Crippen LogP contribution in [0.1, 0.15) is 155 Å². The molecule has 3 rings (SSSR count). The van der Waals surface area contributed by atoms with Gasteiger partial charge in [0.2, 0.25) is 0 Å². The van der Waals surface area contributed by atoms with Gasteiger partial charge in [0.05, 0.1) is 6.67 Å². The van der Waals surface area contributed by atoms with Gasteiger partial charge in [0.1, 0.15) is 0 Å². The molecular formula is C31H57F. The second-order valence-electron chi connectivity index (χ2n) is 12.3. The van der Waals surface area contributed by atoms with E-state index in [2.05, 4.69) is 6.92 Å². The molecule has 3 aliphatic carbocycles. The van der Waals surface area contributed by atoms with Crippen molar-refractivity contribution in [2.45, 2.75) is 155 Å². The highest BCUT2D eigenvalue weighted by Crippen LogP contribution is 2.46. The molecule has 0 spiro atoms. The van der Waals surface area contributed by atoms with Crippen molar-refractivity contribution >= 4 is 0 Å². The van der Waals surface area contributed by atoms with E-state index < -0.39 is 0 Å². The summed E-state index contributed by atoms with van der Waals surface area (Å²) in [5.74, 6) is 6.36. The Labute approximate surface area is 201 Å². The molecule has 3 aliphatic rings. The van der Waals surface area contributed by atoms with Crippen LogP contribution < -0.4 is 0 Å². The summed E-state index contributed by atoms with van der Waals surface area (Å²) < 4.78 is 12.2. The fraction of sp³-hybridized carbons (Fsp3) is 1.00. The van der Waals surface area contributed by atoms with Crippen molar-refractivity contribution in [1.82, 2.24) is 0 Å². The van der Waals surface area contributed by atoms with Crippen LogP contribution in [0.25, 0.3) is 0 Å². The summed E-state index contributed by atoms with van der Waals surface area (Å²) in [5, 5.41) is 0. The molecular weight excluding hydrogens is 391 g/mol. The maximum Gasteiger partial charge on any atom is 0.0894 e. The van der Waals surface area contributed by atoms with Gasteiger partial charge in [0.25, 0.3) is 0 Å². The molecule has 0 aromatic rings. The van der Waals surface area contributed by atoms with Crippen LogP contribution in [-0.2, 0) is 0 Å². The van der Waals surface area contributed by atoms with Gasteiger partial charge in [-0.2, -0.15) is 0 Å². The highest BCUT2D eigenvalue weighted by Gasteiger charge is 2.34. The van der Waals surface area contributed by atoms with Crippen LogP contribution in [-0.4, -0.2) is 6.67 Å². The van der Waals surface area contributed by atoms with Gasteiger partial charge < -0.3 is 0 Å². The van der Waals surface area contributed by atoms with Crippen molar-refractivity contribution in [1.29, 1.82) is 0 Å². The summed E-state index contributed by atoms with van der Waals surface area (Å²) in [7, 11) is 0. The molecule has 0 nitrogen and oxygen atoms in total. The molecule has 0 aromatic carbocycles. The van der Waals surface area contributed by atoms with E-state index in [1.807, 2.05) is 0 Å². The van der Waals surface area contributed by atoms with E-state index in [0.29, 0.717) is 0 Å². The molecule has 0 saturated heterocycles. The van der Waals surface area contributed by atoms with E-state index in [4.69, 9.17) is 0 Å². The van der Waals surface area contributed by atoms with E-state index in [-0.39, 0.29) is 6.67 Å². The van der Waals surface area contributed by atoms with Crippen molar-refractivity contribution in [3.8, 4) is 0 Å². The molecule has 0 aromatic heterocycles. The van der Waals surface area contributed by atoms with E-state index in [1.165, 1.54) is 83.5 Å². The van der Waals surface area contributed by atoms with Crippen LogP contribution in [0.5, 0.6) is 0 Å². The topological polar surface area (TPSA) is 0 Å². The van der Waals surface area contributed by atoms with Crippen LogP contribution in [0.2, 0.25) is 0 Å². The number of hydrogen-bond donors (Lipinski definition) is 0. The molecule has 0 N–H and O–H groups in total. The molecule has 0 atom stereocenters. The molecule has 0 unspecified atom stereocenters. The monoisotopic (exact) mass is 448 g/mol. The molecule has 0 radical (unpaired) electrons. The quantitative estimate of drug-likeness (QED) is 0.232. The second kappa shape index (κ2) is 15.8. The van der Waals surface area contributed by atoms with Gasteiger partial charge in [-0.05, 0) is 93.3 Å². The Morgan fingerprint density at radius 1 is 0.438 bits per heavy atom. The zero-order valence-corrected chi connectivity index (χ0v) is 21.8.